The maximum Gasteiger partial charge on any atom is 0.407 e. The fraction of sp³-hybridized carbons (Fsp3) is 0.222. The number of amides is 1. The number of carbonyl (C=O) groups excluding carboxylic acids is 2. The van der Waals surface area contributed by atoms with Crippen LogP contribution in [0.1, 0.15) is 27.6 Å². The maximum atomic E-state index is 11.6. The predicted octanol–water partition coefficient (Wildman–Crippen LogP) is 1.53. The summed E-state index contributed by atoms with van der Waals surface area (Å²) in [6.45, 7) is -0.215. The molecule has 0 aliphatic rings. The van der Waals surface area contributed by atoms with Crippen molar-refractivity contribution < 1.29 is 29.6 Å². The normalized spacial score (nSPS) is 12.9. The first-order valence-corrected chi connectivity index (χ1v) is 7.60. The van der Waals surface area contributed by atoms with Gasteiger partial charge < -0.3 is 25.4 Å². The number of phenols is 1. The van der Waals surface area contributed by atoms with E-state index in [-0.39, 0.29) is 30.0 Å². The fourth-order valence-corrected chi connectivity index (χ4v) is 2.16. The van der Waals surface area contributed by atoms with Gasteiger partial charge in [0.2, 0.25) is 0 Å². The Morgan fingerprint density at radius 1 is 1.16 bits per heavy atom. The number of aldehydes is 1. The molecular weight excluding hydrogens is 326 g/mol. The fourth-order valence-electron chi connectivity index (χ4n) is 2.16. The first-order valence-electron chi connectivity index (χ1n) is 7.60. The second kappa shape index (κ2) is 8.81. The van der Waals surface area contributed by atoms with E-state index >= 15 is 0 Å². The van der Waals surface area contributed by atoms with Crippen LogP contribution in [0.5, 0.6) is 5.75 Å². The second-order valence-corrected chi connectivity index (χ2v) is 5.39. The molecule has 0 saturated heterocycles. The highest BCUT2D eigenvalue weighted by Crippen LogP contribution is 2.27. The molecule has 25 heavy (non-hydrogen) atoms. The molecule has 4 N–H and O–H groups in total. The number of carbonyl (C=O) groups is 2. The molecule has 2 atom stereocenters. The van der Waals surface area contributed by atoms with Crippen molar-refractivity contribution in [3.05, 3.63) is 65.2 Å². The summed E-state index contributed by atoms with van der Waals surface area (Å²) in [5, 5.41) is 32.1. The molecule has 0 spiro atoms. The van der Waals surface area contributed by atoms with E-state index in [9.17, 15) is 24.9 Å². The minimum Gasteiger partial charge on any atom is -0.508 e. The lowest BCUT2D eigenvalue weighted by molar-refractivity contribution is 0.0171. The number of benzene rings is 2. The van der Waals surface area contributed by atoms with Gasteiger partial charge in [-0.15, -0.1) is 0 Å². The van der Waals surface area contributed by atoms with Gasteiger partial charge in [0.05, 0.1) is 0 Å². The Balaban J connectivity index is 1.85. The third-order valence-electron chi connectivity index (χ3n) is 3.54. The van der Waals surface area contributed by atoms with Crippen LogP contribution in [0.25, 0.3) is 0 Å². The Labute approximate surface area is 144 Å². The highest BCUT2D eigenvalue weighted by atomic mass is 16.5. The molecule has 132 valence electrons. The van der Waals surface area contributed by atoms with Gasteiger partial charge in [0.15, 0.2) is 0 Å². The number of ether oxygens (including phenoxy) is 1. The summed E-state index contributed by atoms with van der Waals surface area (Å²) in [6, 6.07) is 13.0. The van der Waals surface area contributed by atoms with Gasteiger partial charge in [0.25, 0.3) is 0 Å². The van der Waals surface area contributed by atoms with Crippen LogP contribution < -0.4 is 5.32 Å². The van der Waals surface area contributed by atoms with Gasteiger partial charge in [-0.2, -0.15) is 0 Å². The monoisotopic (exact) mass is 345 g/mol. The van der Waals surface area contributed by atoms with Crippen LogP contribution in [0.15, 0.2) is 48.5 Å². The summed E-state index contributed by atoms with van der Waals surface area (Å²) in [6.07, 6.45) is -3.06. The van der Waals surface area contributed by atoms with Crippen molar-refractivity contribution in [2.24, 2.45) is 0 Å². The number of aliphatic hydroxyl groups is 2. The van der Waals surface area contributed by atoms with Crippen molar-refractivity contribution in [1.29, 1.82) is 0 Å². The number of aliphatic hydroxyl groups excluding tert-OH is 2. The first-order chi connectivity index (χ1) is 12.0. The quantitative estimate of drug-likeness (QED) is 0.566. The summed E-state index contributed by atoms with van der Waals surface area (Å²) in [7, 11) is 0. The minimum atomic E-state index is -1.48. The summed E-state index contributed by atoms with van der Waals surface area (Å²) in [5.41, 5.74) is 1.06. The molecule has 7 nitrogen and oxygen atoms in total. The second-order valence-electron chi connectivity index (χ2n) is 5.39. The van der Waals surface area contributed by atoms with Crippen LogP contribution in [0.4, 0.5) is 4.79 Å². The zero-order valence-electron chi connectivity index (χ0n) is 13.3. The Bertz CT molecular complexity index is 719. The molecule has 0 bridgehead atoms. The summed E-state index contributed by atoms with van der Waals surface area (Å²) in [5.74, 6) is -0.260. The lowest BCUT2D eigenvalue weighted by Gasteiger charge is -2.19. The number of hydrogen-bond donors (Lipinski definition) is 4. The van der Waals surface area contributed by atoms with Gasteiger partial charge in [0.1, 0.15) is 30.9 Å². The standard InChI is InChI=1S/C18H19NO6/c20-10-13-6-7-15(21)14(8-13)17(23)16(22)9-19-18(24)25-11-12-4-2-1-3-5-12/h1-8,10,16-17,21-23H,9,11H2,(H,19,24). The molecule has 1 amide bonds. The van der Waals surface area contributed by atoms with E-state index in [4.69, 9.17) is 4.74 Å². The molecule has 0 aliphatic carbocycles. The molecule has 0 fully saturated rings. The number of hydrogen-bond acceptors (Lipinski definition) is 6. The number of aromatic hydroxyl groups is 1. The highest BCUT2D eigenvalue weighted by molar-refractivity contribution is 5.75. The molecule has 2 aromatic rings. The van der Waals surface area contributed by atoms with Crippen LogP contribution in [0.2, 0.25) is 0 Å². The Morgan fingerprint density at radius 2 is 1.88 bits per heavy atom. The van der Waals surface area contributed by atoms with E-state index in [1.807, 2.05) is 18.2 Å². The molecule has 0 aromatic heterocycles. The van der Waals surface area contributed by atoms with E-state index in [0.717, 1.165) is 5.56 Å². The largest absolute Gasteiger partial charge is 0.508 e. The molecule has 0 saturated carbocycles. The molecule has 0 radical (unpaired) electrons. The third kappa shape index (κ3) is 5.30. The van der Waals surface area contributed by atoms with E-state index < -0.39 is 18.3 Å². The molecule has 7 heteroatoms. The highest BCUT2D eigenvalue weighted by Gasteiger charge is 2.22. The number of nitrogens with one attached hydrogen (secondary N) is 1. The number of phenolic OH excluding ortho intramolecular Hbond substituents is 1. The smallest absolute Gasteiger partial charge is 0.407 e. The van der Waals surface area contributed by atoms with Gasteiger partial charge >= 0.3 is 6.09 Å². The molecule has 2 unspecified atom stereocenters. The van der Waals surface area contributed by atoms with Crippen LogP contribution in [0, 0.1) is 0 Å². The molecule has 2 aromatic carbocycles. The maximum absolute atomic E-state index is 11.6. The molecule has 2 rings (SSSR count). The van der Waals surface area contributed by atoms with Gasteiger partial charge in [-0.1, -0.05) is 30.3 Å². The van der Waals surface area contributed by atoms with Gasteiger partial charge in [-0.05, 0) is 23.8 Å². The molecular formula is C18H19NO6. The number of alkyl carbamates (subject to hydrolysis) is 1. The summed E-state index contributed by atoms with van der Waals surface area (Å²) in [4.78, 5) is 22.4. The van der Waals surface area contributed by atoms with Gasteiger partial charge in [-0.25, -0.2) is 4.79 Å². The van der Waals surface area contributed by atoms with Gasteiger partial charge in [0, 0.05) is 17.7 Å². The topological polar surface area (TPSA) is 116 Å². The molecule has 0 heterocycles. The zero-order chi connectivity index (χ0) is 18.2. The zero-order valence-corrected chi connectivity index (χ0v) is 13.3. The van der Waals surface area contributed by atoms with E-state index in [1.165, 1.54) is 18.2 Å². The van der Waals surface area contributed by atoms with Gasteiger partial charge in [-0.3, -0.25) is 4.79 Å². The minimum absolute atomic E-state index is 0.00319. The Morgan fingerprint density at radius 3 is 2.56 bits per heavy atom. The molecule has 0 aliphatic heterocycles. The average molecular weight is 345 g/mol. The van der Waals surface area contributed by atoms with Crippen LogP contribution in [-0.4, -0.2) is 40.3 Å². The van der Waals surface area contributed by atoms with Crippen LogP contribution in [-0.2, 0) is 11.3 Å². The SMILES string of the molecule is O=Cc1ccc(O)c(C(O)C(O)CNC(=O)OCc2ccccc2)c1. The average Bonchev–Trinajstić information content (AvgIpc) is 2.65. The van der Waals surface area contributed by atoms with Crippen LogP contribution in [0.3, 0.4) is 0 Å². The summed E-state index contributed by atoms with van der Waals surface area (Å²) < 4.78 is 4.99. The van der Waals surface area contributed by atoms with Crippen molar-refractivity contribution >= 4 is 12.4 Å². The van der Waals surface area contributed by atoms with Crippen LogP contribution >= 0.6 is 0 Å². The van der Waals surface area contributed by atoms with Crippen molar-refractivity contribution in [1.82, 2.24) is 5.32 Å². The van der Waals surface area contributed by atoms with Crippen molar-refractivity contribution in [2.75, 3.05) is 6.54 Å². The van der Waals surface area contributed by atoms with Crippen molar-refractivity contribution in [3.8, 4) is 5.75 Å². The van der Waals surface area contributed by atoms with Crippen molar-refractivity contribution in [3.63, 3.8) is 0 Å². The lowest BCUT2D eigenvalue weighted by atomic mass is 10.0. The van der Waals surface area contributed by atoms with E-state index in [2.05, 4.69) is 5.32 Å². The predicted molar refractivity (Wildman–Crippen MR) is 89.1 cm³/mol. The number of rotatable bonds is 7. The first kappa shape index (κ1) is 18.4. The lowest BCUT2D eigenvalue weighted by Crippen LogP contribution is -2.35. The van der Waals surface area contributed by atoms with E-state index in [1.54, 1.807) is 12.1 Å². The van der Waals surface area contributed by atoms with E-state index in [0.29, 0.717) is 6.29 Å². The summed E-state index contributed by atoms with van der Waals surface area (Å²) >= 11 is 0. The third-order valence-corrected chi connectivity index (χ3v) is 3.54. The Hall–Kier alpha value is -2.90. The Kier molecular flexibility index (Phi) is 6.50. The van der Waals surface area contributed by atoms with Crippen molar-refractivity contribution in [2.45, 2.75) is 18.8 Å².